The first-order valence-corrected chi connectivity index (χ1v) is 9.75. The molecule has 2 aliphatic rings. The number of aliphatic carboxylic acids is 1. The zero-order valence-corrected chi connectivity index (χ0v) is 16.5. The number of carboxylic acid groups (broad SMARTS) is 1. The van der Waals surface area contributed by atoms with Crippen LogP contribution in [0.15, 0.2) is 24.3 Å². The number of imide groups is 1. The standard InChI is InChI=1S/C20H25ClN2O4/c1-4-5-10-23-17(24)14-15(18(23)25)20(11(2)3,19(26)27)22-16(14)12-6-8-13(21)9-7-12/h6-9,11,14-16,22H,4-5,10H2,1-3H3,(H,26,27). The third-order valence-corrected chi connectivity index (χ3v) is 6.17. The number of carbonyl (C=O) groups excluding carboxylic acids is 2. The topological polar surface area (TPSA) is 86.7 Å². The second kappa shape index (κ2) is 7.24. The molecule has 2 aliphatic heterocycles. The monoisotopic (exact) mass is 392 g/mol. The van der Waals surface area contributed by atoms with Crippen molar-refractivity contribution in [1.29, 1.82) is 0 Å². The Labute approximate surface area is 163 Å². The number of hydrogen-bond acceptors (Lipinski definition) is 4. The average Bonchev–Trinajstić information content (AvgIpc) is 3.10. The highest BCUT2D eigenvalue weighted by Crippen LogP contribution is 2.51. The van der Waals surface area contributed by atoms with E-state index in [1.807, 2.05) is 6.92 Å². The van der Waals surface area contributed by atoms with Gasteiger partial charge in [-0.1, -0.05) is 50.9 Å². The molecule has 2 N–H and O–H groups in total. The molecular formula is C20H25ClN2O4. The number of nitrogens with one attached hydrogen (secondary N) is 1. The Bertz CT molecular complexity index is 764. The fraction of sp³-hybridized carbons (Fsp3) is 0.550. The van der Waals surface area contributed by atoms with Crippen molar-refractivity contribution >= 4 is 29.4 Å². The minimum atomic E-state index is -1.48. The number of hydrogen-bond donors (Lipinski definition) is 2. The maximum absolute atomic E-state index is 13.1. The minimum absolute atomic E-state index is 0.283. The van der Waals surface area contributed by atoms with Gasteiger partial charge in [0.1, 0.15) is 5.54 Å². The number of unbranched alkanes of at least 4 members (excludes halogenated alkanes) is 1. The van der Waals surface area contributed by atoms with Crippen LogP contribution in [0, 0.1) is 17.8 Å². The summed E-state index contributed by atoms with van der Waals surface area (Å²) in [5.74, 6) is -3.77. The molecule has 146 valence electrons. The maximum atomic E-state index is 13.1. The van der Waals surface area contributed by atoms with Crippen LogP contribution in [0.4, 0.5) is 0 Å². The van der Waals surface area contributed by atoms with E-state index in [4.69, 9.17) is 11.6 Å². The van der Waals surface area contributed by atoms with E-state index in [2.05, 4.69) is 5.32 Å². The van der Waals surface area contributed by atoms with Crippen molar-refractivity contribution in [2.24, 2.45) is 17.8 Å². The van der Waals surface area contributed by atoms with Gasteiger partial charge in [-0.15, -0.1) is 0 Å². The number of carboxylic acids is 1. The van der Waals surface area contributed by atoms with Gasteiger partial charge in [-0.05, 0) is 30.0 Å². The number of likely N-dealkylation sites (tertiary alicyclic amines) is 1. The molecule has 2 fully saturated rings. The van der Waals surface area contributed by atoms with Crippen LogP contribution in [0.3, 0.4) is 0 Å². The fourth-order valence-electron chi connectivity index (χ4n) is 4.47. The van der Waals surface area contributed by atoms with Crippen molar-refractivity contribution in [2.45, 2.75) is 45.2 Å². The molecule has 2 saturated heterocycles. The SMILES string of the molecule is CCCCN1C(=O)C2C(c3ccc(Cl)cc3)NC(C(=O)O)(C(C)C)C2C1=O. The lowest BCUT2D eigenvalue weighted by atomic mass is 9.73. The Morgan fingerprint density at radius 2 is 1.89 bits per heavy atom. The summed E-state index contributed by atoms with van der Waals surface area (Å²) in [7, 11) is 0. The molecule has 0 aliphatic carbocycles. The zero-order chi connectivity index (χ0) is 19.9. The summed E-state index contributed by atoms with van der Waals surface area (Å²) in [6.07, 6.45) is 1.55. The summed E-state index contributed by atoms with van der Waals surface area (Å²) in [4.78, 5) is 39.9. The molecule has 27 heavy (non-hydrogen) atoms. The number of nitrogens with zero attached hydrogens (tertiary/aromatic N) is 1. The van der Waals surface area contributed by atoms with Gasteiger partial charge in [0.2, 0.25) is 11.8 Å². The van der Waals surface area contributed by atoms with E-state index in [1.54, 1.807) is 38.1 Å². The van der Waals surface area contributed by atoms with E-state index in [0.717, 1.165) is 12.0 Å². The lowest BCUT2D eigenvalue weighted by molar-refractivity contribution is -0.153. The van der Waals surface area contributed by atoms with Gasteiger partial charge in [-0.3, -0.25) is 24.6 Å². The summed E-state index contributed by atoms with van der Waals surface area (Å²) in [6, 6.07) is 6.43. The molecule has 0 spiro atoms. The van der Waals surface area contributed by atoms with Crippen molar-refractivity contribution in [3.05, 3.63) is 34.9 Å². The Kier molecular flexibility index (Phi) is 5.32. The number of fused-ring (bicyclic) bond motifs is 1. The van der Waals surface area contributed by atoms with Gasteiger partial charge < -0.3 is 5.11 Å². The highest BCUT2D eigenvalue weighted by Gasteiger charge is 2.69. The van der Waals surface area contributed by atoms with Crippen LogP contribution in [0.1, 0.15) is 45.2 Å². The van der Waals surface area contributed by atoms with E-state index in [-0.39, 0.29) is 17.7 Å². The van der Waals surface area contributed by atoms with Crippen molar-refractivity contribution in [3.8, 4) is 0 Å². The molecule has 0 radical (unpaired) electrons. The molecule has 6 nitrogen and oxygen atoms in total. The number of halogens is 1. The van der Waals surface area contributed by atoms with E-state index < -0.39 is 29.4 Å². The molecule has 2 amide bonds. The summed E-state index contributed by atoms with van der Waals surface area (Å²) in [5, 5.41) is 13.8. The predicted octanol–water partition coefficient (Wildman–Crippen LogP) is 2.87. The van der Waals surface area contributed by atoms with Gasteiger partial charge in [0.15, 0.2) is 0 Å². The molecule has 4 unspecified atom stereocenters. The molecule has 2 heterocycles. The maximum Gasteiger partial charge on any atom is 0.325 e. The lowest BCUT2D eigenvalue weighted by Crippen LogP contribution is -2.59. The first-order valence-electron chi connectivity index (χ1n) is 9.37. The molecular weight excluding hydrogens is 368 g/mol. The van der Waals surface area contributed by atoms with Crippen LogP contribution in [-0.2, 0) is 14.4 Å². The van der Waals surface area contributed by atoms with E-state index in [9.17, 15) is 19.5 Å². The number of rotatable bonds is 6. The lowest BCUT2D eigenvalue weighted by Gasteiger charge is -2.34. The van der Waals surface area contributed by atoms with Gasteiger partial charge in [-0.2, -0.15) is 0 Å². The predicted molar refractivity (Wildman–Crippen MR) is 101 cm³/mol. The third-order valence-electron chi connectivity index (χ3n) is 5.92. The molecule has 3 rings (SSSR count). The highest BCUT2D eigenvalue weighted by atomic mass is 35.5. The van der Waals surface area contributed by atoms with Gasteiger partial charge in [0.25, 0.3) is 0 Å². The second-order valence-electron chi connectivity index (χ2n) is 7.69. The molecule has 0 saturated carbocycles. The van der Waals surface area contributed by atoms with Gasteiger partial charge in [-0.25, -0.2) is 0 Å². The average molecular weight is 393 g/mol. The van der Waals surface area contributed by atoms with E-state index in [1.165, 1.54) is 4.90 Å². The van der Waals surface area contributed by atoms with Crippen molar-refractivity contribution in [2.75, 3.05) is 6.54 Å². The van der Waals surface area contributed by atoms with Gasteiger partial charge in [0.05, 0.1) is 11.8 Å². The molecule has 0 bridgehead atoms. The first-order chi connectivity index (χ1) is 12.8. The van der Waals surface area contributed by atoms with Crippen LogP contribution in [-0.4, -0.2) is 39.9 Å². The Balaban J connectivity index is 2.10. The minimum Gasteiger partial charge on any atom is -0.480 e. The van der Waals surface area contributed by atoms with E-state index >= 15 is 0 Å². The van der Waals surface area contributed by atoms with Crippen LogP contribution in [0.5, 0.6) is 0 Å². The van der Waals surface area contributed by atoms with Crippen LogP contribution in [0.2, 0.25) is 5.02 Å². The van der Waals surface area contributed by atoms with E-state index in [0.29, 0.717) is 18.0 Å². The number of benzene rings is 1. The Morgan fingerprint density at radius 1 is 1.26 bits per heavy atom. The number of carbonyl (C=O) groups is 3. The molecule has 0 aromatic heterocycles. The first kappa shape index (κ1) is 19.8. The third kappa shape index (κ3) is 2.95. The summed E-state index contributed by atoms with van der Waals surface area (Å²) >= 11 is 5.97. The molecule has 7 heteroatoms. The van der Waals surface area contributed by atoms with Crippen LogP contribution in [0.25, 0.3) is 0 Å². The largest absolute Gasteiger partial charge is 0.480 e. The van der Waals surface area contributed by atoms with Crippen LogP contribution >= 0.6 is 11.6 Å². The van der Waals surface area contributed by atoms with Crippen molar-refractivity contribution in [1.82, 2.24) is 10.2 Å². The Morgan fingerprint density at radius 3 is 2.41 bits per heavy atom. The molecule has 4 atom stereocenters. The number of amides is 2. The summed E-state index contributed by atoms with van der Waals surface area (Å²) in [5.41, 5.74) is -0.723. The normalized spacial score (nSPS) is 30.3. The summed E-state index contributed by atoms with van der Waals surface area (Å²) < 4.78 is 0. The molecule has 1 aromatic rings. The molecule has 1 aromatic carbocycles. The van der Waals surface area contributed by atoms with Crippen molar-refractivity contribution in [3.63, 3.8) is 0 Å². The van der Waals surface area contributed by atoms with Gasteiger partial charge in [0, 0.05) is 17.6 Å². The Hall–Kier alpha value is -1.92. The summed E-state index contributed by atoms with van der Waals surface area (Å²) in [6.45, 7) is 5.87. The smallest absolute Gasteiger partial charge is 0.325 e. The fourth-order valence-corrected chi connectivity index (χ4v) is 4.59. The second-order valence-corrected chi connectivity index (χ2v) is 8.12. The quantitative estimate of drug-likeness (QED) is 0.727. The zero-order valence-electron chi connectivity index (χ0n) is 15.7. The van der Waals surface area contributed by atoms with Gasteiger partial charge >= 0.3 is 5.97 Å². The van der Waals surface area contributed by atoms with Crippen LogP contribution < -0.4 is 5.32 Å². The highest BCUT2D eigenvalue weighted by molar-refractivity contribution is 6.30. The van der Waals surface area contributed by atoms with Crippen molar-refractivity contribution < 1.29 is 19.5 Å².